The van der Waals surface area contributed by atoms with Crippen LogP contribution in [0, 0.1) is 13.8 Å². The number of carboxylic acids is 3. The van der Waals surface area contributed by atoms with Gasteiger partial charge in [-0.1, -0.05) is 109 Å². The van der Waals surface area contributed by atoms with Crippen molar-refractivity contribution < 1.29 is 115 Å². The number of carbonyl (C=O) groups is 8. The third-order valence-corrected chi connectivity index (χ3v) is 12.5. The lowest BCUT2D eigenvalue weighted by atomic mass is 10.1. The maximum absolute atomic E-state index is 12.0. The van der Waals surface area contributed by atoms with Crippen molar-refractivity contribution in [3.05, 3.63) is 250 Å². The summed E-state index contributed by atoms with van der Waals surface area (Å²) in [4.78, 5) is 87.2. The largest absolute Gasteiger partial charge is 0.508 e. The molecule has 0 aromatic heterocycles. The number of hydrogen-bond donors (Lipinski definition) is 17. The molecule has 0 aliphatic heterocycles. The average molecular weight is 1660 g/mol. The lowest BCUT2D eigenvalue weighted by Gasteiger charge is -2.18. The predicted octanol–water partition coefficient (Wildman–Crippen LogP) is 11.9. The van der Waals surface area contributed by atoms with Crippen molar-refractivity contribution in [3.8, 4) is 34.5 Å². The number of nitrogens with two attached hydrogens (primary N) is 5. The number of alkyl carbamates (subject to hydrolysis) is 3. The molecule has 0 aliphatic rings. The monoisotopic (exact) mass is 1660 g/mol. The third kappa shape index (κ3) is 54.2. The maximum Gasteiger partial charge on any atom is 0.407 e. The van der Waals surface area contributed by atoms with Crippen LogP contribution in [0.3, 0.4) is 0 Å². The molecule has 114 heavy (non-hydrogen) atoms. The lowest BCUT2D eigenvalue weighted by molar-refractivity contribution is 0.0530. The molecule has 0 fully saturated rings. The van der Waals surface area contributed by atoms with Gasteiger partial charge in [0, 0.05) is 37.8 Å². The zero-order valence-electron chi connectivity index (χ0n) is 65.6. The molecule has 36 heteroatoms. The Morgan fingerprint density at radius 3 is 0.754 bits per heavy atom. The van der Waals surface area contributed by atoms with E-state index in [4.69, 9.17) is 126 Å². The number of esters is 2. The fraction of sp³-hybridized carbons (Fsp3) is 0.244. The van der Waals surface area contributed by atoms with Crippen LogP contribution in [-0.4, -0.2) is 168 Å². The second-order valence-corrected chi connectivity index (χ2v) is 26.5. The Hall–Kier alpha value is -12.4. The number of aryl methyl sites for hydroxylation is 2. The summed E-state index contributed by atoms with van der Waals surface area (Å²) in [5.74, 6) is -3.56. The van der Waals surface area contributed by atoms with Crippen LogP contribution in [0.25, 0.3) is 0 Å². The summed E-state index contributed by atoms with van der Waals surface area (Å²) in [6, 6.07) is 51.8. The summed E-state index contributed by atoms with van der Waals surface area (Å²) in [5, 5.41) is 68.7. The normalized spacial score (nSPS) is 9.68. The highest BCUT2D eigenvalue weighted by molar-refractivity contribution is 7.81. The van der Waals surface area contributed by atoms with Gasteiger partial charge in [0.1, 0.15) is 83.0 Å². The number of phenolic OH excluding ortho intramolecular Hbond substituents is 2. The van der Waals surface area contributed by atoms with Crippen LogP contribution in [-0.2, 0) is 24.6 Å². The van der Waals surface area contributed by atoms with E-state index in [9.17, 15) is 43.5 Å². The number of rotatable bonds is 10. The van der Waals surface area contributed by atoms with E-state index in [1.54, 1.807) is 146 Å². The second kappa shape index (κ2) is 56.7. The zero-order valence-corrected chi connectivity index (χ0v) is 68.9. The highest BCUT2D eigenvalue weighted by Gasteiger charge is 2.18. The van der Waals surface area contributed by atoms with Gasteiger partial charge in [-0.2, -0.15) is 8.42 Å². The van der Waals surface area contributed by atoms with Gasteiger partial charge >= 0.3 is 58.5 Å². The number of aromatic hydroxyl groups is 4. The number of hydrogen-bond acceptors (Lipinski definition) is 24. The Labute approximate surface area is 678 Å². The summed E-state index contributed by atoms with van der Waals surface area (Å²) in [7, 11) is 2.94. The summed E-state index contributed by atoms with van der Waals surface area (Å²) in [6.07, 6.45) is -1.16. The number of carboxylic acid groups (broad SMARTS) is 3. The molecule has 0 atom stereocenters. The molecule has 0 saturated carbocycles. The summed E-state index contributed by atoms with van der Waals surface area (Å²) >= 11 is 14.4. The number of ether oxygens (including phenoxy) is 5. The van der Waals surface area contributed by atoms with Gasteiger partial charge < -0.3 is 104 Å². The molecular weight excluding hydrogens is 1560 g/mol. The molecule has 8 aromatic carbocycles. The first kappa shape index (κ1) is 108. The first-order valence-electron chi connectivity index (χ1n) is 32.9. The van der Waals surface area contributed by atoms with Crippen LogP contribution in [0.5, 0.6) is 34.5 Å². The van der Waals surface area contributed by atoms with E-state index < -0.39 is 34.3 Å². The van der Waals surface area contributed by atoms with Gasteiger partial charge in [0.15, 0.2) is 0 Å². The Morgan fingerprint density at radius 2 is 0.561 bits per heavy atom. The molecule has 8 rings (SSSR count). The molecule has 32 nitrogen and oxygen atoms in total. The molecule has 0 aliphatic carbocycles. The van der Waals surface area contributed by atoms with Crippen molar-refractivity contribution in [2.75, 3.05) is 35.2 Å². The van der Waals surface area contributed by atoms with Crippen molar-refractivity contribution in [1.29, 1.82) is 0 Å². The molecular formula is C78H102N8O24S4. The van der Waals surface area contributed by atoms with Crippen LogP contribution >= 0.6 is 36.7 Å². The summed E-state index contributed by atoms with van der Waals surface area (Å²) in [6.45, 7) is 20.0. The van der Waals surface area contributed by atoms with Gasteiger partial charge in [0.05, 0.1) is 11.1 Å². The Morgan fingerprint density at radius 1 is 0.351 bits per heavy atom. The van der Waals surface area contributed by atoms with Crippen LogP contribution in [0.1, 0.15) is 142 Å². The van der Waals surface area contributed by atoms with Crippen molar-refractivity contribution >= 4 is 110 Å². The number of nitrogens with one attached hydrogen (secondary N) is 3. The average Bonchev–Trinajstić information content (AvgIpc) is 0.876. The highest BCUT2D eigenvalue weighted by atomic mass is 32.3. The number of amides is 3. The van der Waals surface area contributed by atoms with Crippen molar-refractivity contribution in [1.82, 2.24) is 16.0 Å². The molecule has 8 aromatic rings. The van der Waals surface area contributed by atoms with Gasteiger partial charge in [-0.05, 0) is 223 Å². The quantitative estimate of drug-likeness (QED) is 0.0199. The molecule has 22 N–H and O–H groups in total. The van der Waals surface area contributed by atoms with E-state index in [1.807, 2.05) is 87.4 Å². The number of carbonyl (C=O) groups excluding carboxylic acids is 5. The zero-order chi connectivity index (χ0) is 88.9. The van der Waals surface area contributed by atoms with Crippen molar-refractivity contribution in [2.24, 2.45) is 28.7 Å². The van der Waals surface area contributed by atoms with Crippen LogP contribution in [0.4, 0.5) is 14.4 Å². The number of benzene rings is 8. The fourth-order valence-electron chi connectivity index (χ4n) is 6.88. The smallest absolute Gasteiger partial charge is 0.407 e. The number of phenols is 4. The topological polar surface area (TPSA) is 565 Å². The number of thiocarbonyl (C=S) groups is 3. The van der Waals surface area contributed by atoms with Crippen LogP contribution in [0.15, 0.2) is 194 Å². The molecule has 0 spiro atoms. The maximum atomic E-state index is 12.0. The van der Waals surface area contributed by atoms with Gasteiger partial charge in [-0.3, -0.25) is 9.11 Å². The third-order valence-electron chi connectivity index (χ3n) is 11.8. The van der Waals surface area contributed by atoms with Crippen LogP contribution < -0.4 is 54.1 Å². The number of aromatic carboxylic acids is 3. The minimum absolute atomic E-state index is 0.0671. The fourth-order valence-corrected chi connectivity index (χ4v) is 7.29. The standard InChI is InChI=1S/C15H13NO2S.C14H11NO3S.C8H8O2.C7H7NOS.2C7H6O3.3C6H13NO2.2CH5N.H2O4S/c1-10-4-2-3-5-13(10)15(17)18-12-8-6-11(7-9-12)14(16)19;15-13(19)9-5-7-10(8-6-9)18-14(17)11-3-1-2-4-12(11)16;1-6-4-2-3-5-7(6)8(9)10;8-7(10)5-1-3-6(9)4-2-5;2*8-6-4-2-1-3-5(6)7(9)10;3*1-6(2,3)9-5(8)7-4;2*1-2;1-5(2,3)4/h2-9H,1H3,(H2,16,19);1-8,16H,(H2,15,19);2-5H,1H3,(H,9,10);1-4,9H,(H2,8,10);2*1-4,8H,(H,9,10);3*1-4H3,(H,7,8);2*2H2,1H3;(H2,1,2,3,4). The molecule has 622 valence electrons. The molecule has 0 radical (unpaired) electrons. The first-order valence-corrected chi connectivity index (χ1v) is 35.5. The van der Waals surface area contributed by atoms with Gasteiger partial charge in [0.2, 0.25) is 0 Å². The number of para-hydroxylation sites is 3. The lowest BCUT2D eigenvalue weighted by Crippen LogP contribution is -2.30. The second-order valence-electron chi connectivity index (χ2n) is 24.3. The molecule has 3 amide bonds. The molecule has 0 heterocycles. The molecule has 0 saturated heterocycles. The van der Waals surface area contributed by atoms with E-state index in [2.05, 4.69) is 27.4 Å². The summed E-state index contributed by atoms with van der Waals surface area (Å²) in [5.41, 5.74) is 28.9. The van der Waals surface area contributed by atoms with Gasteiger partial charge in [0.25, 0.3) is 0 Å². The Balaban J connectivity index is -0.000000599. The van der Waals surface area contributed by atoms with Gasteiger partial charge in [-0.15, -0.1) is 0 Å². The summed E-state index contributed by atoms with van der Waals surface area (Å²) < 4.78 is 56.5. The predicted molar refractivity (Wildman–Crippen MR) is 446 cm³/mol. The van der Waals surface area contributed by atoms with E-state index >= 15 is 0 Å². The van der Waals surface area contributed by atoms with E-state index in [0.717, 1.165) is 22.3 Å². The Kier molecular flexibility index (Phi) is 53.7. The van der Waals surface area contributed by atoms with E-state index in [0.29, 0.717) is 38.2 Å². The SMILES string of the molecule is CN.CN.CNC(=O)OC(C)(C)C.CNC(=O)OC(C)(C)C.CNC(=O)OC(C)(C)C.Cc1ccccc1C(=O)O.Cc1ccccc1C(=O)Oc1ccc(C(N)=S)cc1.NC(=S)c1ccc(O)cc1.NC(=S)c1ccc(OC(=O)c2ccccc2O)cc1.O=C(O)c1ccccc1O.O=C(O)c1ccccc1O.O=S(=O)(O)O. The van der Waals surface area contributed by atoms with Gasteiger partial charge in [-0.25, -0.2) is 38.4 Å². The molecule has 0 unspecified atom stereocenters. The minimum Gasteiger partial charge on any atom is -0.508 e. The minimum atomic E-state index is -4.67. The van der Waals surface area contributed by atoms with E-state index in [-0.39, 0.29) is 85.7 Å². The van der Waals surface area contributed by atoms with E-state index in [1.165, 1.54) is 71.6 Å². The van der Waals surface area contributed by atoms with Crippen molar-refractivity contribution in [2.45, 2.75) is 93.0 Å². The van der Waals surface area contributed by atoms with Crippen molar-refractivity contribution in [3.63, 3.8) is 0 Å². The molecule has 0 bridgehead atoms. The Bertz CT molecular complexity index is 4120. The highest BCUT2D eigenvalue weighted by Crippen LogP contribution is 2.22. The van der Waals surface area contributed by atoms with Crippen LogP contribution in [0.2, 0.25) is 0 Å². The first-order chi connectivity index (χ1) is 52.9.